The number of hydrogen-bond donors (Lipinski definition) is 0. The van der Waals surface area contributed by atoms with Crippen molar-refractivity contribution in [2.45, 2.75) is 44.5 Å². The van der Waals surface area contributed by atoms with Crippen molar-refractivity contribution >= 4 is 39.8 Å². The first-order valence-electron chi connectivity index (χ1n) is 10.9. The van der Waals surface area contributed by atoms with E-state index in [1.165, 1.54) is 23.1 Å². The molecule has 3 aromatic heterocycles. The third-order valence-corrected chi connectivity index (χ3v) is 7.64. The van der Waals surface area contributed by atoms with Crippen LogP contribution in [-0.2, 0) is 11.3 Å². The Kier molecular flexibility index (Phi) is 6.18. The highest BCUT2D eigenvalue weighted by atomic mass is 32.2. The fraction of sp³-hybridized carbons (Fsp3) is 0.333. The minimum atomic E-state index is -0.0898. The van der Waals surface area contributed by atoms with Crippen LogP contribution in [0.1, 0.15) is 34.6 Å². The first-order valence-corrected chi connectivity index (χ1v) is 12.8. The van der Waals surface area contributed by atoms with Crippen LogP contribution in [0.2, 0.25) is 0 Å². The summed E-state index contributed by atoms with van der Waals surface area (Å²) in [6, 6.07) is 9.25. The van der Waals surface area contributed by atoms with Crippen LogP contribution in [0.3, 0.4) is 0 Å². The molecule has 4 aromatic rings. The maximum absolute atomic E-state index is 13.2. The second-order valence-corrected chi connectivity index (χ2v) is 9.92. The fourth-order valence-corrected chi connectivity index (χ4v) is 5.93. The van der Waals surface area contributed by atoms with Crippen LogP contribution >= 0.6 is 23.1 Å². The van der Waals surface area contributed by atoms with Gasteiger partial charge in [0.05, 0.1) is 29.3 Å². The highest BCUT2D eigenvalue weighted by Gasteiger charge is 2.22. The summed E-state index contributed by atoms with van der Waals surface area (Å²) in [5.41, 5.74) is 3.06. The fourth-order valence-electron chi connectivity index (χ4n) is 4.28. The molecule has 1 aliphatic heterocycles. The van der Waals surface area contributed by atoms with Crippen LogP contribution in [0.4, 0.5) is 0 Å². The predicted molar refractivity (Wildman–Crippen MR) is 131 cm³/mol. The first-order chi connectivity index (χ1) is 16.0. The van der Waals surface area contributed by atoms with E-state index in [9.17, 15) is 9.59 Å². The van der Waals surface area contributed by atoms with Crippen LogP contribution in [0.25, 0.3) is 16.0 Å². The van der Waals surface area contributed by atoms with Gasteiger partial charge in [-0.2, -0.15) is 0 Å². The zero-order chi connectivity index (χ0) is 22.9. The summed E-state index contributed by atoms with van der Waals surface area (Å²) < 4.78 is 9.45. The van der Waals surface area contributed by atoms with Gasteiger partial charge in [-0.1, -0.05) is 23.9 Å². The molecule has 0 radical (unpaired) electrons. The SMILES string of the molecule is Cc1cc(C(=O)CSc2nc3ccccc3c(=O)n2CC2CCCO2)c(C)n1-c1nccs1. The number of para-hydroxylation sites is 1. The van der Waals surface area contributed by atoms with Crippen molar-refractivity contribution < 1.29 is 9.53 Å². The Bertz CT molecular complexity index is 1370. The average molecular weight is 481 g/mol. The summed E-state index contributed by atoms with van der Waals surface area (Å²) in [5, 5.41) is 3.90. The van der Waals surface area contributed by atoms with Gasteiger partial charge in [-0.3, -0.25) is 18.7 Å². The Hall–Kier alpha value is -2.75. The number of aryl methyl sites for hydroxylation is 1. The minimum absolute atomic E-state index is 0.00183. The van der Waals surface area contributed by atoms with Gasteiger partial charge in [0.1, 0.15) is 0 Å². The molecule has 1 atom stereocenters. The second kappa shape index (κ2) is 9.24. The molecule has 7 nitrogen and oxygen atoms in total. The molecule has 1 aliphatic rings. The van der Waals surface area contributed by atoms with Crippen LogP contribution < -0.4 is 5.56 Å². The number of ether oxygens (including phenoxy) is 1. The van der Waals surface area contributed by atoms with Gasteiger partial charge >= 0.3 is 0 Å². The molecule has 170 valence electrons. The van der Waals surface area contributed by atoms with E-state index in [0.717, 1.165) is 36.0 Å². The Morgan fingerprint density at radius 2 is 2.15 bits per heavy atom. The zero-order valence-electron chi connectivity index (χ0n) is 18.5. The molecule has 1 aromatic carbocycles. The van der Waals surface area contributed by atoms with Crippen LogP contribution in [0.15, 0.2) is 51.9 Å². The maximum Gasteiger partial charge on any atom is 0.262 e. The number of thioether (sulfide) groups is 1. The number of rotatable bonds is 7. The molecule has 0 saturated carbocycles. The van der Waals surface area contributed by atoms with E-state index >= 15 is 0 Å². The number of thiazole rings is 1. The van der Waals surface area contributed by atoms with Gasteiger partial charge < -0.3 is 4.74 Å². The molecule has 1 unspecified atom stereocenters. The standard InChI is InChI=1S/C24H24N4O3S2/c1-15-12-19(16(2)28(15)23-25-9-11-32-23)21(29)14-33-24-26-20-8-4-3-7-18(20)22(30)27(24)13-17-6-5-10-31-17/h3-4,7-9,11-12,17H,5-6,10,13-14H2,1-2H3. The summed E-state index contributed by atoms with van der Waals surface area (Å²) >= 11 is 2.84. The highest BCUT2D eigenvalue weighted by molar-refractivity contribution is 7.99. The number of carbonyl (C=O) groups is 1. The van der Waals surface area contributed by atoms with Crippen molar-refractivity contribution in [1.29, 1.82) is 0 Å². The predicted octanol–water partition coefficient (Wildman–Crippen LogP) is 4.41. The van der Waals surface area contributed by atoms with Crippen LogP contribution in [-0.4, -0.2) is 43.3 Å². The van der Waals surface area contributed by atoms with Gasteiger partial charge in [-0.05, 0) is 44.9 Å². The molecular formula is C24H24N4O3S2. The summed E-state index contributed by atoms with van der Waals surface area (Å²) in [6.45, 7) is 5.08. The Labute approximate surface area is 199 Å². The largest absolute Gasteiger partial charge is 0.376 e. The van der Waals surface area contributed by atoms with Crippen molar-refractivity contribution in [1.82, 2.24) is 19.1 Å². The van der Waals surface area contributed by atoms with E-state index in [4.69, 9.17) is 9.72 Å². The third-order valence-electron chi connectivity index (χ3n) is 5.91. The molecule has 0 aliphatic carbocycles. The lowest BCUT2D eigenvalue weighted by atomic mass is 10.2. The first kappa shape index (κ1) is 22.1. The van der Waals surface area contributed by atoms with Crippen LogP contribution in [0.5, 0.6) is 0 Å². The number of benzene rings is 1. The van der Waals surface area contributed by atoms with E-state index in [2.05, 4.69) is 4.98 Å². The number of carbonyl (C=O) groups excluding carboxylic acids is 1. The molecule has 0 amide bonds. The van der Waals surface area contributed by atoms with E-state index in [0.29, 0.717) is 28.2 Å². The molecule has 0 N–H and O–H groups in total. The number of fused-ring (bicyclic) bond motifs is 1. The van der Waals surface area contributed by atoms with Gasteiger partial charge in [0.15, 0.2) is 16.1 Å². The second-order valence-electron chi connectivity index (χ2n) is 8.11. The Morgan fingerprint density at radius 1 is 1.30 bits per heavy atom. The molecular weight excluding hydrogens is 456 g/mol. The lowest BCUT2D eigenvalue weighted by Gasteiger charge is -2.16. The number of nitrogens with zero attached hydrogens (tertiary/aromatic N) is 4. The van der Waals surface area contributed by atoms with Gasteiger partial charge in [0.2, 0.25) is 0 Å². The smallest absolute Gasteiger partial charge is 0.262 e. The number of aromatic nitrogens is 4. The van der Waals surface area contributed by atoms with Gasteiger partial charge in [0, 0.05) is 35.1 Å². The number of Topliss-reactive ketones (excluding diaryl/α,β-unsaturated/α-hetero) is 1. The molecule has 9 heteroatoms. The van der Waals surface area contributed by atoms with Gasteiger partial charge in [0.25, 0.3) is 5.56 Å². The zero-order valence-corrected chi connectivity index (χ0v) is 20.1. The van der Waals surface area contributed by atoms with Crippen molar-refractivity contribution in [2.75, 3.05) is 12.4 Å². The summed E-state index contributed by atoms with van der Waals surface area (Å²) in [7, 11) is 0. The van der Waals surface area contributed by atoms with Gasteiger partial charge in [-0.15, -0.1) is 11.3 Å². The lowest BCUT2D eigenvalue weighted by Crippen LogP contribution is -2.29. The molecule has 33 heavy (non-hydrogen) atoms. The van der Waals surface area contributed by atoms with Crippen molar-refractivity contribution in [3.63, 3.8) is 0 Å². The molecule has 1 saturated heterocycles. The van der Waals surface area contributed by atoms with E-state index < -0.39 is 0 Å². The summed E-state index contributed by atoms with van der Waals surface area (Å²) in [6.07, 6.45) is 3.67. The highest BCUT2D eigenvalue weighted by Crippen LogP contribution is 2.26. The van der Waals surface area contributed by atoms with Gasteiger partial charge in [-0.25, -0.2) is 9.97 Å². The molecule has 0 bridgehead atoms. The van der Waals surface area contributed by atoms with E-state index in [-0.39, 0.29) is 23.2 Å². The lowest BCUT2D eigenvalue weighted by molar-refractivity contribution is 0.0937. The van der Waals surface area contributed by atoms with Crippen molar-refractivity contribution in [3.8, 4) is 5.13 Å². The van der Waals surface area contributed by atoms with Crippen molar-refractivity contribution in [3.05, 3.63) is 69.2 Å². The topological polar surface area (TPSA) is 79.0 Å². The monoisotopic (exact) mass is 480 g/mol. The molecule has 4 heterocycles. The van der Waals surface area contributed by atoms with Crippen LogP contribution in [0, 0.1) is 13.8 Å². The number of hydrogen-bond acceptors (Lipinski definition) is 7. The minimum Gasteiger partial charge on any atom is -0.376 e. The number of ketones is 1. The molecule has 0 spiro atoms. The van der Waals surface area contributed by atoms with E-state index in [1.54, 1.807) is 16.8 Å². The molecule has 1 fully saturated rings. The normalized spacial score (nSPS) is 16.0. The third kappa shape index (κ3) is 4.28. The summed E-state index contributed by atoms with van der Waals surface area (Å²) in [4.78, 5) is 35.5. The van der Waals surface area contributed by atoms with E-state index in [1.807, 2.05) is 48.1 Å². The molecule has 5 rings (SSSR count). The average Bonchev–Trinajstić information content (AvgIpc) is 3.57. The quantitative estimate of drug-likeness (QED) is 0.221. The summed E-state index contributed by atoms with van der Waals surface area (Å²) in [5.74, 6) is 0.195. The Morgan fingerprint density at radius 3 is 2.91 bits per heavy atom. The Balaban J connectivity index is 1.44. The maximum atomic E-state index is 13.2. The van der Waals surface area contributed by atoms with Crippen molar-refractivity contribution in [2.24, 2.45) is 0 Å².